The normalized spacial score (nSPS) is 12.4. The SMILES string of the molecule is C=C(C)CCOCc1ccc(C(C)CNCC)cc1. The first-order valence-corrected chi connectivity index (χ1v) is 7.15. The van der Waals surface area contributed by atoms with Crippen molar-refractivity contribution in [3.05, 3.63) is 47.5 Å². The van der Waals surface area contributed by atoms with Crippen molar-refractivity contribution in [3.63, 3.8) is 0 Å². The Hall–Kier alpha value is -1.12. The predicted octanol–water partition coefficient (Wildman–Crippen LogP) is 3.88. The molecule has 2 nitrogen and oxygen atoms in total. The average molecular weight is 261 g/mol. The van der Waals surface area contributed by atoms with Gasteiger partial charge in [-0.1, -0.05) is 43.7 Å². The van der Waals surface area contributed by atoms with Crippen molar-refractivity contribution in [2.24, 2.45) is 0 Å². The summed E-state index contributed by atoms with van der Waals surface area (Å²) < 4.78 is 5.62. The Morgan fingerprint density at radius 1 is 1.32 bits per heavy atom. The molecule has 0 radical (unpaired) electrons. The van der Waals surface area contributed by atoms with E-state index < -0.39 is 0 Å². The van der Waals surface area contributed by atoms with Crippen LogP contribution < -0.4 is 5.32 Å². The minimum Gasteiger partial charge on any atom is -0.376 e. The number of hydrogen-bond acceptors (Lipinski definition) is 2. The number of ether oxygens (including phenoxy) is 1. The van der Waals surface area contributed by atoms with Gasteiger partial charge in [-0.2, -0.15) is 0 Å². The van der Waals surface area contributed by atoms with Gasteiger partial charge in [0.1, 0.15) is 0 Å². The quantitative estimate of drug-likeness (QED) is 0.538. The van der Waals surface area contributed by atoms with Gasteiger partial charge in [-0.25, -0.2) is 0 Å². The Morgan fingerprint density at radius 2 is 2.00 bits per heavy atom. The van der Waals surface area contributed by atoms with Crippen molar-refractivity contribution in [1.29, 1.82) is 0 Å². The van der Waals surface area contributed by atoms with Gasteiger partial charge in [-0.15, -0.1) is 6.58 Å². The number of hydrogen-bond donors (Lipinski definition) is 1. The third-order valence-electron chi connectivity index (χ3n) is 3.19. The molecule has 0 amide bonds. The number of rotatable bonds is 9. The van der Waals surface area contributed by atoms with Gasteiger partial charge in [0.25, 0.3) is 0 Å². The van der Waals surface area contributed by atoms with Gasteiger partial charge < -0.3 is 10.1 Å². The van der Waals surface area contributed by atoms with Crippen LogP contribution in [-0.4, -0.2) is 19.7 Å². The first-order chi connectivity index (χ1) is 9.13. The molecule has 0 aliphatic carbocycles. The third-order valence-corrected chi connectivity index (χ3v) is 3.19. The van der Waals surface area contributed by atoms with Gasteiger partial charge >= 0.3 is 0 Å². The zero-order valence-corrected chi connectivity index (χ0v) is 12.5. The molecule has 0 aromatic heterocycles. The van der Waals surface area contributed by atoms with Crippen molar-refractivity contribution in [3.8, 4) is 0 Å². The lowest BCUT2D eigenvalue weighted by atomic mass is 10.00. The molecule has 106 valence electrons. The molecule has 1 rings (SSSR count). The van der Waals surface area contributed by atoms with E-state index in [1.54, 1.807) is 0 Å². The fourth-order valence-corrected chi connectivity index (χ4v) is 1.86. The average Bonchev–Trinajstić information content (AvgIpc) is 2.41. The maximum Gasteiger partial charge on any atom is 0.0717 e. The second-order valence-electron chi connectivity index (χ2n) is 5.21. The van der Waals surface area contributed by atoms with Gasteiger partial charge in [0.2, 0.25) is 0 Å². The van der Waals surface area contributed by atoms with E-state index in [1.165, 1.54) is 16.7 Å². The first kappa shape index (κ1) is 15.9. The van der Waals surface area contributed by atoms with E-state index in [4.69, 9.17) is 4.74 Å². The molecule has 1 aromatic carbocycles. The second-order valence-corrected chi connectivity index (χ2v) is 5.21. The van der Waals surface area contributed by atoms with Crippen molar-refractivity contribution in [2.75, 3.05) is 19.7 Å². The van der Waals surface area contributed by atoms with E-state index >= 15 is 0 Å². The van der Waals surface area contributed by atoms with E-state index in [1.807, 2.05) is 6.92 Å². The minimum atomic E-state index is 0.554. The van der Waals surface area contributed by atoms with Crippen LogP contribution >= 0.6 is 0 Å². The summed E-state index contributed by atoms with van der Waals surface area (Å²) in [4.78, 5) is 0. The molecule has 1 unspecified atom stereocenters. The lowest BCUT2D eigenvalue weighted by molar-refractivity contribution is 0.124. The predicted molar refractivity (Wildman–Crippen MR) is 82.5 cm³/mol. The summed E-state index contributed by atoms with van der Waals surface area (Å²) in [5.74, 6) is 0.554. The van der Waals surface area contributed by atoms with Crippen LogP contribution in [0.15, 0.2) is 36.4 Å². The Kier molecular flexibility index (Phi) is 7.46. The highest BCUT2D eigenvalue weighted by molar-refractivity contribution is 5.24. The summed E-state index contributed by atoms with van der Waals surface area (Å²) in [6.07, 6.45) is 0.942. The van der Waals surface area contributed by atoms with Crippen LogP contribution in [-0.2, 0) is 11.3 Å². The molecule has 0 bridgehead atoms. The molecule has 0 aliphatic heterocycles. The minimum absolute atomic E-state index is 0.554. The standard InChI is InChI=1S/C17H27NO/c1-5-18-12-15(4)17-8-6-16(7-9-17)13-19-11-10-14(2)3/h6-9,15,18H,2,5,10-13H2,1,3-4H3. The molecular weight excluding hydrogens is 234 g/mol. The summed E-state index contributed by atoms with van der Waals surface area (Å²) in [6, 6.07) is 8.75. The van der Waals surface area contributed by atoms with Crippen molar-refractivity contribution in [2.45, 2.75) is 39.7 Å². The zero-order chi connectivity index (χ0) is 14.1. The van der Waals surface area contributed by atoms with Gasteiger partial charge in [-0.05, 0) is 36.9 Å². The Bertz CT molecular complexity index is 369. The van der Waals surface area contributed by atoms with E-state index in [2.05, 4.69) is 50.0 Å². The van der Waals surface area contributed by atoms with Gasteiger partial charge in [-0.3, -0.25) is 0 Å². The van der Waals surface area contributed by atoms with Crippen LogP contribution in [0.1, 0.15) is 44.2 Å². The van der Waals surface area contributed by atoms with Crippen LogP contribution in [0.2, 0.25) is 0 Å². The van der Waals surface area contributed by atoms with E-state index in [0.29, 0.717) is 12.5 Å². The Labute approximate surface area is 117 Å². The van der Waals surface area contributed by atoms with Crippen LogP contribution in [0, 0.1) is 0 Å². The number of benzene rings is 1. The van der Waals surface area contributed by atoms with Crippen LogP contribution in [0.5, 0.6) is 0 Å². The third kappa shape index (κ3) is 6.55. The van der Waals surface area contributed by atoms with Crippen LogP contribution in [0.3, 0.4) is 0 Å². The molecule has 0 spiro atoms. The fraction of sp³-hybridized carbons (Fsp3) is 0.529. The highest BCUT2D eigenvalue weighted by atomic mass is 16.5. The second kappa shape index (κ2) is 8.89. The summed E-state index contributed by atoms with van der Waals surface area (Å²) in [5.41, 5.74) is 3.79. The van der Waals surface area contributed by atoms with Gasteiger partial charge in [0.15, 0.2) is 0 Å². The molecule has 0 saturated heterocycles. The van der Waals surface area contributed by atoms with Crippen molar-refractivity contribution in [1.82, 2.24) is 5.32 Å². The Morgan fingerprint density at radius 3 is 2.58 bits per heavy atom. The molecule has 2 heteroatoms. The molecule has 0 heterocycles. The molecule has 1 atom stereocenters. The summed E-state index contributed by atoms with van der Waals surface area (Å²) in [5, 5.41) is 3.38. The number of nitrogens with one attached hydrogen (secondary N) is 1. The molecule has 0 aliphatic rings. The van der Waals surface area contributed by atoms with Crippen LogP contribution in [0.4, 0.5) is 0 Å². The molecular formula is C17H27NO. The highest BCUT2D eigenvalue weighted by Gasteiger charge is 2.04. The van der Waals surface area contributed by atoms with Gasteiger partial charge in [0, 0.05) is 6.54 Å². The molecule has 1 aromatic rings. The van der Waals surface area contributed by atoms with Crippen molar-refractivity contribution >= 4 is 0 Å². The van der Waals surface area contributed by atoms with Crippen LogP contribution in [0.25, 0.3) is 0 Å². The molecule has 0 saturated carbocycles. The molecule has 1 N–H and O–H groups in total. The fourth-order valence-electron chi connectivity index (χ4n) is 1.86. The Balaban J connectivity index is 2.36. The van der Waals surface area contributed by atoms with E-state index in [9.17, 15) is 0 Å². The maximum absolute atomic E-state index is 5.62. The maximum atomic E-state index is 5.62. The van der Waals surface area contributed by atoms with Gasteiger partial charge in [0.05, 0.1) is 13.2 Å². The first-order valence-electron chi connectivity index (χ1n) is 7.15. The lowest BCUT2D eigenvalue weighted by Crippen LogP contribution is -2.19. The summed E-state index contributed by atoms with van der Waals surface area (Å²) in [6.45, 7) is 13.8. The molecule has 19 heavy (non-hydrogen) atoms. The largest absolute Gasteiger partial charge is 0.376 e. The zero-order valence-electron chi connectivity index (χ0n) is 12.5. The monoisotopic (exact) mass is 261 g/mol. The van der Waals surface area contributed by atoms with E-state index in [0.717, 1.165) is 26.1 Å². The smallest absolute Gasteiger partial charge is 0.0717 e. The lowest BCUT2D eigenvalue weighted by Gasteiger charge is -2.13. The molecule has 0 fully saturated rings. The highest BCUT2D eigenvalue weighted by Crippen LogP contribution is 2.15. The van der Waals surface area contributed by atoms with Crippen molar-refractivity contribution < 1.29 is 4.74 Å². The van der Waals surface area contributed by atoms with E-state index in [-0.39, 0.29) is 0 Å². The summed E-state index contributed by atoms with van der Waals surface area (Å²) in [7, 11) is 0. The number of likely N-dealkylation sites (N-methyl/N-ethyl adjacent to an activating group) is 1. The topological polar surface area (TPSA) is 21.3 Å². The summed E-state index contributed by atoms with van der Waals surface area (Å²) >= 11 is 0.